The van der Waals surface area contributed by atoms with E-state index in [0.717, 1.165) is 36.5 Å². The van der Waals surface area contributed by atoms with E-state index in [1.807, 2.05) is 35.9 Å². The van der Waals surface area contributed by atoms with Gasteiger partial charge in [-0.15, -0.1) is 17.5 Å². The van der Waals surface area contributed by atoms with Gasteiger partial charge in [0.15, 0.2) is 0 Å². The van der Waals surface area contributed by atoms with Crippen LogP contribution in [0.1, 0.15) is 50.0 Å². The summed E-state index contributed by atoms with van der Waals surface area (Å²) in [5, 5.41) is 5.91. The van der Waals surface area contributed by atoms with E-state index < -0.39 is 0 Å². The molecule has 1 aromatic heterocycles. The van der Waals surface area contributed by atoms with Crippen LogP contribution in [0.2, 0.25) is 10.0 Å². The van der Waals surface area contributed by atoms with Crippen molar-refractivity contribution in [2.45, 2.75) is 52.1 Å². The van der Waals surface area contributed by atoms with Crippen LogP contribution in [-0.4, -0.2) is 14.8 Å². The Labute approximate surface area is 198 Å². The summed E-state index contributed by atoms with van der Waals surface area (Å²) in [6, 6.07) is 12.1. The topological polar surface area (TPSA) is 34.0 Å². The molecule has 166 valence electrons. The number of halogens is 4. The molecule has 0 radical (unpaired) electrons. The maximum Gasteiger partial charge on any atom is 0.250 e. The summed E-state index contributed by atoms with van der Waals surface area (Å²) < 4.78 is 15.6. The minimum Gasteiger partial charge on any atom is -0.300 e. The average Bonchev–Trinajstić information content (AvgIpc) is 3.46. The summed E-state index contributed by atoms with van der Waals surface area (Å²) >= 11 is 12.8. The second-order valence-electron chi connectivity index (χ2n) is 7.89. The molecular formula is C23H26Cl3FN4. The van der Waals surface area contributed by atoms with E-state index >= 15 is 0 Å². The van der Waals surface area contributed by atoms with Crippen LogP contribution in [0.15, 0.2) is 42.5 Å². The Balaban J connectivity index is 0.00000272. The average molecular weight is 484 g/mol. The van der Waals surface area contributed by atoms with E-state index in [4.69, 9.17) is 33.3 Å². The molecule has 4 rings (SSSR count). The lowest BCUT2D eigenvalue weighted by atomic mass is 9.98. The highest BCUT2D eigenvalue weighted by atomic mass is 35.5. The first-order valence-corrected chi connectivity index (χ1v) is 11.1. The Bertz CT molecular complexity index is 1020. The van der Waals surface area contributed by atoms with E-state index in [1.54, 1.807) is 6.07 Å². The van der Waals surface area contributed by atoms with E-state index in [0.29, 0.717) is 21.9 Å². The third-order valence-electron chi connectivity index (χ3n) is 5.49. The van der Waals surface area contributed by atoms with E-state index in [-0.39, 0.29) is 24.3 Å². The molecule has 1 aliphatic rings. The maximum absolute atomic E-state index is 13.6. The van der Waals surface area contributed by atoms with Crippen LogP contribution in [0.25, 0.3) is 0 Å². The second-order valence-corrected chi connectivity index (χ2v) is 8.74. The van der Waals surface area contributed by atoms with Gasteiger partial charge in [-0.1, -0.05) is 55.1 Å². The lowest BCUT2D eigenvalue weighted by Gasteiger charge is -2.32. The highest BCUT2D eigenvalue weighted by Crippen LogP contribution is 2.45. The van der Waals surface area contributed by atoms with Crippen LogP contribution in [0, 0.1) is 18.7 Å². The Hall–Kier alpha value is -1.82. The zero-order valence-corrected chi connectivity index (χ0v) is 19.9. The fourth-order valence-electron chi connectivity index (χ4n) is 3.77. The quantitative estimate of drug-likeness (QED) is 0.332. The van der Waals surface area contributed by atoms with E-state index in [9.17, 15) is 4.39 Å². The van der Waals surface area contributed by atoms with Crippen LogP contribution >= 0.6 is 35.6 Å². The van der Waals surface area contributed by atoms with Crippen LogP contribution in [0.4, 0.5) is 16.0 Å². The summed E-state index contributed by atoms with van der Waals surface area (Å²) in [6.45, 7) is 4.87. The first-order valence-electron chi connectivity index (χ1n) is 10.4. The number of rotatable bonds is 8. The van der Waals surface area contributed by atoms with Crippen molar-refractivity contribution in [3.05, 3.63) is 69.7 Å². The van der Waals surface area contributed by atoms with Gasteiger partial charge in [-0.25, -0.2) is 9.07 Å². The molecule has 1 fully saturated rings. The number of hydrogen-bond acceptors (Lipinski definition) is 3. The lowest BCUT2D eigenvalue weighted by molar-refractivity contribution is 0.559. The number of benzene rings is 2. The molecule has 8 heteroatoms. The number of anilines is 2. The fourth-order valence-corrected chi connectivity index (χ4v) is 4.27. The standard InChI is InChI=1S/C23H25Cl2FN4.ClH/c1-3-12-29-15(2)27-23(28-29)30(21-11-8-18(24)14-20(21)25)22(13-16-4-5-16)17-6-9-19(26)10-7-17;/h6-11,14,16,22H,3-5,12-13H2,1-2H3;1H/t22-;/m0./s1. The molecule has 4 nitrogen and oxygen atoms in total. The molecule has 3 aromatic rings. The number of nitrogens with zero attached hydrogens (tertiary/aromatic N) is 4. The summed E-state index contributed by atoms with van der Waals surface area (Å²) in [5.41, 5.74) is 1.81. The monoisotopic (exact) mass is 482 g/mol. The molecule has 0 bridgehead atoms. The summed E-state index contributed by atoms with van der Waals surface area (Å²) in [5.74, 6) is 1.83. The van der Waals surface area contributed by atoms with Gasteiger partial charge in [-0.2, -0.15) is 4.98 Å². The Kier molecular flexibility index (Phi) is 7.84. The van der Waals surface area contributed by atoms with Gasteiger partial charge in [0.25, 0.3) is 0 Å². The molecule has 1 saturated carbocycles. The van der Waals surface area contributed by atoms with Gasteiger partial charge in [0, 0.05) is 11.6 Å². The molecule has 2 aromatic carbocycles. The maximum atomic E-state index is 13.6. The molecule has 1 heterocycles. The zero-order chi connectivity index (χ0) is 21.3. The predicted molar refractivity (Wildman–Crippen MR) is 127 cm³/mol. The van der Waals surface area contributed by atoms with Crippen molar-refractivity contribution in [3.8, 4) is 0 Å². The van der Waals surface area contributed by atoms with Gasteiger partial charge in [0.1, 0.15) is 11.6 Å². The van der Waals surface area contributed by atoms with Crippen molar-refractivity contribution in [2.75, 3.05) is 4.90 Å². The van der Waals surface area contributed by atoms with Crippen molar-refractivity contribution in [1.29, 1.82) is 0 Å². The van der Waals surface area contributed by atoms with Crippen LogP contribution in [0.5, 0.6) is 0 Å². The Morgan fingerprint density at radius 2 is 1.87 bits per heavy atom. The smallest absolute Gasteiger partial charge is 0.250 e. The van der Waals surface area contributed by atoms with Gasteiger partial charge < -0.3 is 4.90 Å². The SMILES string of the molecule is CCCn1nc(N(c2ccc(Cl)cc2Cl)[C@@H](CC2CC2)c2ccc(F)cc2)nc1C.Cl. The Morgan fingerprint density at radius 1 is 1.16 bits per heavy atom. The van der Waals surface area contributed by atoms with Crippen molar-refractivity contribution in [1.82, 2.24) is 14.8 Å². The fraction of sp³-hybridized carbons (Fsp3) is 0.391. The van der Waals surface area contributed by atoms with Crippen molar-refractivity contribution in [2.24, 2.45) is 5.92 Å². The lowest BCUT2D eigenvalue weighted by Crippen LogP contribution is -2.26. The molecule has 0 saturated heterocycles. The zero-order valence-electron chi connectivity index (χ0n) is 17.6. The number of hydrogen-bond donors (Lipinski definition) is 0. The molecule has 0 spiro atoms. The van der Waals surface area contributed by atoms with Gasteiger partial charge >= 0.3 is 0 Å². The molecule has 0 amide bonds. The highest BCUT2D eigenvalue weighted by Gasteiger charge is 2.33. The molecule has 1 aliphatic carbocycles. The van der Waals surface area contributed by atoms with E-state index in [2.05, 4.69) is 11.8 Å². The number of aromatic nitrogens is 3. The molecule has 1 atom stereocenters. The molecule has 0 N–H and O–H groups in total. The first kappa shape index (κ1) is 23.8. The Morgan fingerprint density at radius 3 is 2.48 bits per heavy atom. The first-order chi connectivity index (χ1) is 14.5. The van der Waals surface area contributed by atoms with Crippen molar-refractivity contribution in [3.63, 3.8) is 0 Å². The normalized spacial score (nSPS) is 14.2. The number of aryl methyl sites for hydroxylation is 2. The molecular weight excluding hydrogens is 458 g/mol. The minimum absolute atomic E-state index is 0. The van der Waals surface area contributed by atoms with Gasteiger partial charge in [-0.05, 0) is 61.6 Å². The van der Waals surface area contributed by atoms with Crippen LogP contribution in [0.3, 0.4) is 0 Å². The summed E-state index contributed by atoms with van der Waals surface area (Å²) in [6.07, 6.45) is 4.30. The molecule has 0 unspecified atom stereocenters. The summed E-state index contributed by atoms with van der Waals surface area (Å²) in [4.78, 5) is 6.86. The summed E-state index contributed by atoms with van der Waals surface area (Å²) in [7, 11) is 0. The van der Waals surface area contributed by atoms with Crippen molar-refractivity contribution >= 4 is 47.2 Å². The van der Waals surface area contributed by atoms with Gasteiger partial charge in [-0.3, -0.25) is 0 Å². The largest absolute Gasteiger partial charge is 0.300 e. The van der Waals surface area contributed by atoms with Gasteiger partial charge in [0.05, 0.1) is 16.8 Å². The van der Waals surface area contributed by atoms with E-state index in [1.165, 1.54) is 25.0 Å². The highest BCUT2D eigenvalue weighted by molar-refractivity contribution is 6.36. The van der Waals surface area contributed by atoms with Gasteiger partial charge in [0.2, 0.25) is 5.95 Å². The molecule has 0 aliphatic heterocycles. The van der Waals surface area contributed by atoms with Crippen LogP contribution < -0.4 is 4.90 Å². The molecule has 31 heavy (non-hydrogen) atoms. The third-order valence-corrected chi connectivity index (χ3v) is 6.02. The van der Waals surface area contributed by atoms with Crippen molar-refractivity contribution < 1.29 is 4.39 Å². The van der Waals surface area contributed by atoms with Crippen LogP contribution in [-0.2, 0) is 6.54 Å². The third kappa shape index (κ3) is 5.51. The minimum atomic E-state index is -0.249. The second kappa shape index (κ2) is 10.2. The predicted octanol–water partition coefficient (Wildman–Crippen LogP) is 7.54.